The lowest BCUT2D eigenvalue weighted by molar-refractivity contribution is -0.116. The molecule has 206 valence electrons. The lowest BCUT2D eigenvalue weighted by Crippen LogP contribution is -2.46. The molecule has 0 saturated carbocycles. The van der Waals surface area contributed by atoms with Crippen molar-refractivity contribution in [2.45, 2.75) is 64.5 Å². The normalized spacial score (nSPS) is 14.4. The maximum Gasteiger partial charge on any atom is 0.407 e. The van der Waals surface area contributed by atoms with Crippen LogP contribution < -0.4 is 20.7 Å². The average Bonchev–Trinajstić information content (AvgIpc) is 2.87. The molecule has 3 amide bonds. The number of rotatable bonds is 10. The zero-order valence-electron chi connectivity index (χ0n) is 22.6. The number of anilines is 2. The molecule has 0 bridgehead atoms. The molecular formula is C27H38N6O5. The van der Waals surface area contributed by atoms with Gasteiger partial charge >= 0.3 is 6.09 Å². The third-order valence-corrected chi connectivity index (χ3v) is 5.97. The van der Waals surface area contributed by atoms with Gasteiger partial charge in [0.2, 0.25) is 11.8 Å². The summed E-state index contributed by atoms with van der Waals surface area (Å²) in [5.74, 6) is 0.0802. The highest BCUT2D eigenvalue weighted by Gasteiger charge is 2.23. The number of ether oxygens (including phenoxy) is 2. The van der Waals surface area contributed by atoms with Crippen LogP contribution in [-0.2, 0) is 9.53 Å². The van der Waals surface area contributed by atoms with E-state index in [9.17, 15) is 14.4 Å². The minimum atomic E-state index is -0.502. The molecule has 1 aromatic carbocycles. The molecular weight excluding hydrogens is 488 g/mol. The van der Waals surface area contributed by atoms with Gasteiger partial charge in [0, 0.05) is 31.6 Å². The molecule has 0 unspecified atom stereocenters. The van der Waals surface area contributed by atoms with Crippen LogP contribution in [0, 0.1) is 0 Å². The Hall–Kier alpha value is -3.73. The highest BCUT2D eigenvalue weighted by Crippen LogP contribution is 2.18. The largest absolute Gasteiger partial charge is 0.480 e. The van der Waals surface area contributed by atoms with Crippen molar-refractivity contribution in [3.05, 3.63) is 42.0 Å². The van der Waals surface area contributed by atoms with Gasteiger partial charge in [-0.1, -0.05) is 12.1 Å². The number of carbonyl (C=O) groups excluding carboxylic acids is 3. The number of piperidine rings is 1. The van der Waals surface area contributed by atoms with E-state index < -0.39 is 11.5 Å². The van der Waals surface area contributed by atoms with Crippen LogP contribution in [0.1, 0.15) is 63.2 Å². The first-order valence-electron chi connectivity index (χ1n) is 12.9. The van der Waals surface area contributed by atoms with E-state index in [0.717, 1.165) is 45.3 Å². The number of nitrogens with one attached hydrogen (secondary N) is 3. The Morgan fingerprint density at radius 2 is 1.74 bits per heavy atom. The van der Waals surface area contributed by atoms with Gasteiger partial charge in [-0.25, -0.2) is 4.79 Å². The van der Waals surface area contributed by atoms with E-state index in [4.69, 9.17) is 9.47 Å². The molecule has 1 fully saturated rings. The van der Waals surface area contributed by atoms with Crippen molar-refractivity contribution < 1.29 is 23.9 Å². The van der Waals surface area contributed by atoms with Gasteiger partial charge in [-0.2, -0.15) is 0 Å². The SMILES string of the molecule is COc1ccc(NC(=O)c2ccccc2NC(=O)CCCCN2CCC(NC(=O)OC(C)(C)C)CC2)nn1. The molecule has 3 rings (SSSR count). The third-order valence-electron chi connectivity index (χ3n) is 5.97. The van der Waals surface area contributed by atoms with E-state index in [1.807, 2.05) is 20.8 Å². The maximum atomic E-state index is 12.8. The van der Waals surface area contributed by atoms with E-state index >= 15 is 0 Å². The predicted octanol–water partition coefficient (Wildman–Crippen LogP) is 3.84. The van der Waals surface area contributed by atoms with Crippen LogP contribution in [0.2, 0.25) is 0 Å². The van der Waals surface area contributed by atoms with Gasteiger partial charge in [-0.3, -0.25) is 9.59 Å². The number of alkyl carbamates (subject to hydrolysis) is 1. The molecule has 1 aliphatic rings. The summed E-state index contributed by atoms with van der Waals surface area (Å²) >= 11 is 0. The quantitative estimate of drug-likeness (QED) is 0.398. The monoisotopic (exact) mass is 526 g/mol. The molecule has 2 heterocycles. The Balaban J connectivity index is 1.37. The third kappa shape index (κ3) is 9.62. The van der Waals surface area contributed by atoms with Gasteiger partial charge in [-0.15, -0.1) is 10.2 Å². The van der Waals surface area contributed by atoms with Gasteiger partial charge < -0.3 is 30.3 Å². The van der Waals surface area contributed by atoms with E-state index in [0.29, 0.717) is 23.6 Å². The standard InChI is InChI=1S/C27H38N6O5/c1-27(2,3)38-26(36)28-19-14-17-33(18-15-19)16-8-7-11-23(34)29-21-10-6-5-9-20(21)25(35)30-22-12-13-24(37-4)32-31-22/h5-6,9-10,12-13,19H,7-8,11,14-18H2,1-4H3,(H,28,36)(H,29,34)(H,30,31,35). The van der Waals surface area contributed by atoms with Crippen LogP contribution in [0.15, 0.2) is 36.4 Å². The van der Waals surface area contributed by atoms with Crippen LogP contribution in [-0.4, -0.2) is 71.4 Å². The molecule has 0 aliphatic carbocycles. The summed E-state index contributed by atoms with van der Waals surface area (Å²) in [4.78, 5) is 39.6. The number of carbonyl (C=O) groups is 3. The maximum absolute atomic E-state index is 12.8. The summed E-state index contributed by atoms with van der Waals surface area (Å²) in [6.07, 6.45) is 3.36. The van der Waals surface area contributed by atoms with E-state index in [2.05, 4.69) is 31.0 Å². The van der Waals surface area contributed by atoms with Crippen molar-refractivity contribution in [2.24, 2.45) is 0 Å². The number of benzene rings is 1. The van der Waals surface area contributed by atoms with Crippen molar-refractivity contribution in [3.63, 3.8) is 0 Å². The predicted molar refractivity (Wildman–Crippen MR) is 144 cm³/mol. The molecule has 1 aromatic heterocycles. The first-order chi connectivity index (χ1) is 18.1. The summed E-state index contributed by atoms with van der Waals surface area (Å²) in [5, 5.41) is 16.2. The summed E-state index contributed by atoms with van der Waals surface area (Å²) in [7, 11) is 1.48. The summed E-state index contributed by atoms with van der Waals surface area (Å²) in [6, 6.07) is 10.1. The number of likely N-dealkylation sites (tertiary alicyclic amines) is 1. The van der Waals surface area contributed by atoms with Crippen LogP contribution >= 0.6 is 0 Å². The molecule has 1 aliphatic heterocycles. The van der Waals surface area contributed by atoms with Crippen molar-refractivity contribution in [2.75, 3.05) is 37.4 Å². The fourth-order valence-corrected chi connectivity index (χ4v) is 4.08. The average molecular weight is 527 g/mol. The molecule has 1 saturated heterocycles. The van der Waals surface area contributed by atoms with Crippen molar-refractivity contribution in [3.8, 4) is 5.88 Å². The zero-order valence-corrected chi connectivity index (χ0v) is 22.6. The molecule has 0 radical (unpaired) electrons. The van der Waals surface area contributed by atoms with Gasteiger partial charge in [0.1, 0.15) is 5.60 Å². The van der Waals surface area contributed by atoms with Crippen LogP contribution in [0.5, 0.6) is 5.88 Å². The van der Waals surface area contributed by atoms with Crippen LogP contribution in [0.3, 0.4) is 0 Å². The smallest absolute Gasteiger partial charge is 0.407 e. The fourth-order valence-electron chi connectivity index (χ4n) is 4.08. The first-order valence-corrected chi connectivity index (χ1v) is 12.9. The molecule has 0 atom stereocenters. The lowest BCUT2D eigenvalue weighted by atomic mass is 10.0. The molecule has 38 heavy (non-hydrogen) atoms. The van der Waals surface area contributed by atoms with Gasteiger partial charge in [0.15, 0.2) is 5.82 Å². The van der Waals surface area contributed by atoms with Gasteiger partial charge in [0.05, 0.1) is 18.4 Å². The number of methoxy groups -OCH3 is 1. The molecule has 2 aromatic rings. The summed E-state index contributed by atoms with van der Waals surface area (Å²) < 4.78 is 10.3. The molecule has 3 N–H and O–H groups in total. The number of unbranched alkanes of at least 4 members (excludes halogenated alkanes) is 1. The van der Waals surface area contributed by atoms with E-state index in [-0.39, 0.29) is 23.9 Å². The first kappa shape index (κ1) is 28.8. The minimum Gasteiger partial charge on any atom is -0.480 e. The number of nitrogens with zero attached hydrogens (tertiary/aromatic N) is 3. The Morgan fingerprint density at radius 1 is 1.00 bits per heavy atom. The second kappa shape index (κ2) is 13.7. The number of aromatic nitrogens is 2. The second-order valence-electron chi connectivity index (χ2n) is 10.2. The second-order valence-corrected chi connectivity index (χ2v) is 10.2. The molecule has 11 heteroatoms. The zero-order chi connectivity index (χ0) is 27.5. The van der Waals surface area contributed by atoms with Crippen LogP contribution in [0.4, 0.5) is 16.3 Å². The van der Waals surface area contributed by atoms with Crippen molar-refractivity contribution >= 4 is 29.4 Å². The number of amides is 3. The Morgan fingerprint density at radius 3 is 2.39 bits per heavy atom. The molecule has 11 nitrogen and oxygen atoms in total. The minimum absolute atomic E-state index is 0.126. The number of para-hydroxylation sites is 1. The highest BCUT2D eigenvalue weighted by molar-refractivity contribution is 6.09. The molecule has 0 spiro atoms. The van der Waals surface area contributed by atoms with Gasteiger partial charge in [0.25, 0.3) is 5.91 Å². The Bertz CT molecular complexity index is 1080. The van der Waals surface area contributed by atoms with Crippen molar-refractivity contribution in [1.82, 2.24) is 20.4 Å². The lowest BCUT2D eigenvalue weighted by Gasteiger charge is -2.32. The Kier molecular flexibility index (Phi) is 10.4. The summed E-state index contributed by atoms with van der Waals surface area (Å²) in [6.45, 7) is 8.25. The number of hydrogen-bond acceptors (Lipinski definition) is 8. The summed E-state index contributed by atoms with van der Waals surface area (Å²) in [5.41, 5.74) is 0.273. The fraction of sp³-hybridized carbons (Fsp3) is 0.519. The Labute approximate surface area is 223 Å². The topological polar surface area (TPSA) is 135 Å². The number of hydrogen-bond donors (Lipinski definition) is 3. The van der Waals surface area contributed by atoms with Crippen LogP contribution in [0.25, 0.3) is 0 Å². The van der Waals surface area contributed by atoms with E-state index in [1.165, 1.54) is 7.11 Å². The van der Waals surface area contributed by atoms with Crippen molar-refractivity contribution in [1.29, 1.82) is 0 Å². The van der Waals surface area contributed by atoms with Gasteiger partial charge in [-0.05, 0) is 71.2 Å². The van der Waals surface area contributed by atoms with E-state index in [1.54, 1.807) is 36.4 Å². The highest BCUT2D eigenvalue weighted by atomic mass is 16.6.